The minimum atomic E-state index is -0.0211. The first kappa shape index (κ1) is 42.4. The summed E-state index contributed by atoms with van der Waals surface area (Å²) < 4.78 is 2.30. The van der Waals surface area contributed by atoms with E-state index in [9.17, 15) is 0 Å². The van der Waals surface area contributed by atoms with Crippen LogP contribution in [0.1, 0.15) is 111 Å². The van der Waals surface area contributed by atoms with Gasteiger partial charge in [0.25, 0.3) is 6.71 Å². The molecule has 0 amide bonds. The third-order valence-electron chi connectivity index (χ3n) is 13.7. The molecule has 0 saturated carbocycles. The highest BCUT2D eigenvalue weighted by Crippen LogP contribution is 2.47. The molecule has 0 fully saturated rings. The Bertz CT molecular complexity index is 2740. The Morgan fingerprint density at radius 2 is 0.857 bits per heavy atom. The van der Waals surface area contributed by atoms with Gasteiger partial charge in [0, 0.05) is 51.3 Å². The van der Waals surface area contributed by atoms with Crippen molar-refractivity contribution in [3.8, 4) is 22.4 Å². The minimum absolute atomic E-state index is 0.0211. The van der Waals surface area contributed by atoms with Gasteiger partial charge in [-0.2, -0.15) is 0 Å². The van der Waals surface area contributed by atoms with Crippen LogP contribution in [0.4, 0.5) is 34.1 Å². The molecule has 7 aromatic rings. The molecule has 63 heavy (non-hydrogen) atoms. The molecule has 0 saturated heterocycles. The van der Waals surface area contributed by atoms with E-state index in [1.165, 1.54) is 101 Å². The SMILES string of the molecule is Cc1ccccc1-c1ccc(-c2cc3c4c(c2)N(c2ccc(C(C)(C)C)cc2)c2ccc(C(C)(C)C)cc2B4c2cc(C(C)(C)C)ccc2N3c2ccc(C(C)(C)C)cc2)c[n+]1C. The van der Waals surface area contributed by atoms with Gasteiger partial charge in [-0.25, -0.2) is 4.57 Å². The van der Waals surface area contributed by atoms with E-state index in [4.69, 9.17) is 0 Å². The molecule has 0 radical (unpaired) electrons. The van der Waals surface area contributed by atoms with E-state index in [0.717, 1.165) is 0 Å². The lowest BCUT2D eigenvalue weighted by atomic mass is 9.33. The van der Waals surface area contributed by atoms with E-state index in [1.54, 1.807) is 0 Å². The topological polar surface area (TPSA) is 10.4 Å². The summed E-state index contributed by atoms with van der Waals surface area (Å²) in [6, 6.07) is 51.6. The van der Waals surface area contributed by atoms with E-state index in [1.807, 2.05) is 0 Å². The van der Waals surface area contributed by atoms with Crippen LogP contribution >= 0.6 is 0 Å². The zero-order chi connectivity index (χ0) is 45.0. The highest BCUT2D eigenvalue weighted by atomic mass is 15.2. The number of hydrogen-bond acceptors (Lipinski definition) is 2. The summed E-state index contributed by atoms with van der Waals surface area (Å²) in [6.07, 6.45) is 2.32. The van der Waals surface area contributed by atoms with Gasteiger partial charge >= 0.3 is 0 Å². The maximum Gasteiger partial charge on any atom is 0.252 e. The highest BCUT2D eigenvalue weighted by molar-refractivity contribution is 7.00. The van der Waals surface area contributed by atoms with Crippen molar-refractivity contribution in [3.05, 3.63) is 167 Å². The fourth-order valence-electron chi connectivity index (χ4n) is 9.80. The van der Waals surface area contributed by atoms with Crippen molar-refractivity contribution in [2.24, 2.45) is 7.05 Å². The van der Waals surface area contributed by atoms with Crippen molar-refractivity contribution in [2.75, 3.05) is 9.80 Å². The van der Waals surface area contributed by atoms with Gasteiger partial charge in [-0.1, -0.05) is 150 Å². The van der Waals surface area contributed by atoms with Crippen LogP contribution in [0.15, 0.2) is 140 Å². The second kappa shape index (κ2) is 14.9. The van der Waals surface area contributed by atoms with Gasteiger partial charge in [-0.05, 0) is 139 Å². The third-order valence-corrected chi connectivity index (χ3v) is 13.7. The molecule has 4 heteroatoms. The molecule has 0 spiro atoms. The first-order valence-electron chi connectivity index (χ1n) is 22.9. The van der Waals surface area contributed by atoms with Gasteiger partial charge in [0.15, 0.2) is 6.20 Å². The molecule has 3 nitrogen and oxygen atoms in total. The highest BCUT2D eigenvalue weighted by Gasteiger charge is 2.44. The number of fused-ring (bicyclic) bond motifs is 4. The molecular weight excluding hydrogens is 761 g/mol. The zero-order valence-electron chi connectivity index (χ0n) is 40.2. The standard InChI is InChI=1S/C59H65BN3/c1-38-17-15-16-18-47(38)50-30-19-39(37-61(50)14)40-33-53-55-54(34-40)63(46-28-22-42(23-29-46)57(5,6)7)52-32-25-44(59(11,12)13)36-49(52)60(55)48-35-43(58(8,9)10)24-31-51(48)62(53)45-26-20-41(21-27-45)56(2,3)4/h15-37H,1-14H3/q+1. The molecule has 0 N–H and O–H groups in total. The predicted octanol–water partition coefficient (Wildman–Crippen LogP) is 13.4. The smallest absolute Gasteiger partial charge is 0.252 e. The number of benzene rings is 6. The first-order chi connectivity index (χ1) is 29.6. The number of pyridine rings is 1. The Kier molecular flexibility index (Phi) is 10.0. The summed E-state index contributed by atoms with van der Waals surface area (Å²) in [4.78, 5) is 5.13. The van der Waals surface area contributed by atoms with Crippen LogP contribution in [-0.2, 0) is 28.7 Å². The second-order valence-corrected chi connectivity index (χ2v) is 22.4. The van der Waals surface area contributed by atoms with Crippen LogP contribution in [-0.4, -0.2) is 6.71 Å². The summed E-state index contributed by atoms with van der Waals surface area (Å²) in [5, 5.41) is 0. The normalized spacial score (nSPS) is 13.8. The maximum atomic E-state index is 2.56. The Labute approximate surface area is 378 Å². The summed E-state index contributed by atoms with van der Waals surface area (Å²) in [6.45, 7) is 30.0. The van der Waals surface area contributed by atoms with Crippen LogP contribution < -0.4 is 30.8 Å². The number of anilines is 6. The number of rotatable bonds is 4. The van der Waals surface area contributed by atoms with E-state index in [-0.39, 0.29) is 28.4 Å². The third kappa shape index (κ3) is 7.50. The Hall–Kier alpha value is -5.87. The average Bonchev–Trinajstić information content (AvgIpc) is 3.22. The van der Waals surface area contributed by atoms with Gasteiger partial charge in [0.2, 0.25) is 5.69 Å². The fraction of sp³-hybridized carbons (Fsp3) is 0.305. The molecule has 2 aliphatic heterocycles. The number of nitrogens with zero attached hydrogens (tertiary/aromatic N) is 3. The Balaban J connectivity index is 1.38. The van der Waals surface area contributed by atoms with Gasteiger partial charge in [0.1, 0.15) is 7.05 Å². The molecule has 2 aliphatic rings. The van der Waals surface area contributed by atoms with E-state index < -0.39 is 0 Å². The monoisotopic (exact) mass is 827 g/mol. The minimum Gasteiger partial charge on any atom is -0.311 e. The summed E-state index contributed by atoms with van der Waals surface area (Å²) in [7, 11) is 2.18. The van der Waals surface area contributed by atoms with Crippen LogP contribution in [0.2, 0.25) is 0 Å². The van der Waals surface area contributed by atoms with Crippen molar-refractivity contribution in [1.82, 2.24) is 0 Å². The quantitative estimate of drug-likeness (QED) is 0.129. The van der Waals surface area contributed by atoms with Gasteiger partial charge < -0.3 is 9.80 Å². The zero-order valence-corrected chi connectivity index (χ0v) is 40.2. The molecule has 3 heterocycles. The van der Waals surface area contributed by atoms with Crippen LogP contribution in [0.25, 0.3) is 22.4 Å². The maximum absolute atomic E-state index is 2.56. The van der Waals surface area contributed by atoms with Crippen LogP contribution in [0.5, 0.6) is 0 Å². The number of aromatic nitrogens is 1. The van der Waals surface area contributed by atoms with Gasteiger partial charge in [-0.15, -0.1) is 0 Å². The van der Waals surface area contributed by atoms with Crippen molar-refractivity contribution < 1.29 is 4.57 Å². The van der Waals surface area contributed by atoms with Crippen LogP contribution in [0, 0.1) is 6.92 Å². The predicted molar refractivity (Wildman–Crippen MR) is 272 cm³/mol. The lowest BCUT2D eigenvalue weighted by Crippen LogP contribution is -2.61. The van der Waals surface area contributed by atoms with Gasteiger partial charge in [-0.3, -0.25) is 0 Å². The van der Waals surface area contributed by atoms with E-state index >= 15 is 0 Å². The van der Waals surface area contributed by atoms with E-state index in [0.29, 0.717) is 0 Å². The molecule has 0 unspecified atom stereocenters. The lowest BCUT2D eigenvalue weighted by Gasteiger charge is -2.45. The largest absolute Gasteiger partial charge is 0.311 e. The van der Waals surface area contributed by atoms with Crippen molar-refractivity contribution in [3.63, 3.8) is 0 Å². The van der Waals surface area contributed by atoms with Crippen molar-refractivity contribution in [1.29, 1.82) is 0 Å². The van der Waals surface area contributed by atoms with Gasteiger partial charge in [0.05, 0.1) is 0 Å². The molecule has 0 bridgehead atoms. The first-order valence-corrected chi connectivity index (χ1v) is 22.9. The molecule has 318 valence electrons. The van der Waals surface area contributed by atoms with E-state index in [2.05, 4.69) is 251 Å². The molecule has 0 aliphatic carbocycles. The summed E-state index contributed by atoms with van der Waals surface area (Å²) in [5.41, 5.74) is 22.8. The number of aryl methyl sites for hydroxylation is 2. The Morgan fingerprint density at radius 3 is 1.27 bits per heavy atom. The fourth-order valence-corrected chi connectivity index (χ4v) is 9.80. The lowest BCUT2D eigenvalue weighted by molar-refractivity contribution is -0.659. The molecule has 9 rings (SSSR count). The number of hydrogen-bond donors (Lipinski definition) is 0. The molecular formula is C59H65BN3+. The van der Waals surface area contributed by atoms with Crippen LogP contribution in [0.3, 0.4) is 0 Å². The summed E-state index contributed by atoms with van der Waals surface area (Å²) in [5.74, 6) is 0. The Morgan fingerprint density at radius 1 is 0.429 bits per heavy atom. The average molecular weight is 827 g/mol. The molecule has 6 aromatic carbocycles. The molecule has 1 aromatic heterocycles. The van der Waals surface area contributed by atoms with Crippen molar-refractivity contribution >= 4 is 57.2 Å². The second-order valence-electron chi connectivity index (χ2n) is 22.4. The summed E-state index contributed by atoms with van der Waals surface area (Å²) >= 11 is 0. The molecule has 0 atom stereocenters. The van der Waals surface area contributed by atoms with Crippen molar-refractivity contribution in [2.45, 2.75) is 112 Å².